The van der Waals surface area contributed by atoms with Crippen molar-refractivity contribution in [3.8, 4) is 0 Å². The number of unbranched alkanes of at least 4 members (excludes halogenated alkanes) is 5. The molecule has 0 radical (unpaired) electrons. The van der Waals surface area contributed by atoms with Gasteiger partial charge in [-0.15, -0.1) is 11.8 Å². The summed E-state index contributed by atoms with van der Waals surface area (Å²) in [6.45, 7) is 1.19. The van der Waals surface area contributed by atoms with Crippen molar-refractivity contribution in [1.82, 2.24) is 0 Å². The monoisotopic (exact) mass is 518 g/mol. The van der Waals surface area contributed by atoms with Gasteiger partial charge in [0.2, 0.25) is 0 Å². The van der Waals surface area contributed by atoms with Crippen LogP contribution in [-0.2, 0) is 22.4 Å². The minimum Gasteiger partial charge on any atom is -0.481 e. The van der Waals surface area contributed by atoms with E-state index in [9.17, 15) is 19.8 Å². The molecule has 0 saturated carbocycles. The summed E-state index contributed by atoms with van der Waals surface area (Å²) in [5, 5.41) is 27.8. The molecule has 2 rings (SSSR count). The van der Waals surface area contributed by atoms with Crippen molar-refractivity contribution in [3.63, 3.8) is 0 Å². The fraction of sp³-hybridized carbons (Fsp3) is 0.500. The van der Waals surface area contributed by atoms with Crippen LogP contribution in [0.4, 0.5) is 0 Å². The number of aliphatic hydroxyl groups is 1. The Labute approximate surface area is 219 Å². The number of aryl methyl sites for hydroxylation is 2. The number of carboxylic acids is 2. The fourth-order valence-corrected chi connectivity index (χ4v) is 5.04. The number of aliphatic hydroxyl groups excluding tert-OH is 1. The molecule has 0 fully saturated rings. The van der Waals surface area contributed by atoms with E-state index in [1.807, 2.05) is 30.3 Å². The SMILES string of the molecule is NCCN.O=C(O)CCS[C@H](c1ccccc1CCCCCCCCc1ccccc1)[C@@H](O)C(=O)O. The van der Waals surface area contributed by atoms with E-state index in [4.69, 9.17) is 16.6 Å². The van der Waals surface area contributed by atoms with E-state index in [1.54, 1.807) is 0 Å². The molecule has 0 bridgehead atoms. The Morgan fingerprint density at radius 3 is 1.92 bits per heavy atom. The highest BCUT2D eigenvalue weighted by molar-refractivity contribution is 7.99. The quantitative estimate of drug-likeness (QED) is 0.194. The summed E-state index contributed by atoms with van der Waals surface area (Å²) in [6, 6.07) is 18.1. The van der Waals surface area contributed by atoms with Crippen LogP contribution in [0, 0.1) is 0 Å². The van der Waals surface area contributed by atoms with Gasteiger partial charge >= 0.3 is 11.9 Å². The Morgan fingerprint density at radius 2 is 1.33 bits per heavy atom. The first kappa shape index (κ1) is 31.6. The van der Waals surface area contributed by atoms with Crippen LogP contribution >= 0.6 is 11.8 Å². The molecule has 0 unspecified atom stereocenters. The van der Waals surface area contributed by atoms with Crippen molar-refractivity contribution in [3.05, 3.63) is 71.3 Å². The lowest BCUT2D eigenvalue weighted by Gasteiger charge is -2.22. The van der Waals surface area contributed by atoms with Crippen molar-refractivity contribution < 1.29 is 24.9 Å². The molecule has 0 heterocycles. The standard InChI is InChI=1S/C26H34O5S.C2H8N2/c27-23(28)18-19-32-25(24(29)26(30)31)22-17-11-10-16-21(22)15-9-4-2-1-3-6-12-20-13-7-5-8-14-20;3-1-2-4/h5,7-8,10-11,13-14,16-17,24-25,29H,1-4,6,9,12,15,18-19H2,(H,27,28)(H,30,31);1-4H2/t24-,25-;/m1./s1. The van der Waals surface area contributed by atoms with Crippen LogP contribution in [0.2, 0.25) is 0 Å². The second-order valence-corrected chi connectivity index (χ2v) is 9.85. The van der Waals surface area contributed by atoms with Gasteiger partial charge in [0.05, 0.1) is 11.7 Å². The second-order valence-electron chi connectivity index (χ2n) is 8.60. The lowest BCUT2D eigenvalue weighted by molar-refractivity contribution is -0.146. The number of nitrogens with two attached hydrogens (primary N) is 2. The first-order chi connectivity index (χ1) is 17.4. The number of carboxylic acid groups (broad SMARTS) is 2. The molecule has 2 aromatic rings. The lowest BCUT2D eigenvalue weighted by Crippen LogP contribution is -2.27. The largest absolute Gasteiger partial charge is 0.481 e. The highest BCUT2D eigenvalue weighted by Gasteiger charge is 2.29. The maximum atomic E-state index is 11.4. The third-order valence-electron chi connectivity index (χ3n) is 5.69. The highest BCUT2D eigenvalue weighted by Crippen LogP contribution is 2.35. The van der Waals surface area contributed by atoms with Crippen LogP contribution in [0.15, 0.2) is 54.6 Å². The molecular formula is C28H42N2O5S. The number of hydrogen-bond donors (Lipinski definition) is 5. The minimum atomic E-state index is -1.57. The summed E-state index contributed by atoms with van der Waals surface area (Å²) in [4.78, 5) is 22.3. The van der Waals surface area contributed by atoms with Crippen LogP contribution < -0.4 is 11.5 Å². The van der Waals surface area contributed by atoms with Gasteiger partial charge in [-0.1, -0.05) is 80.3 Å². The van der Waals surface area contributed by atoms with Gasteiger partial charge in [0.25, 0.3) is 0 Å². The molecule has 0 aromatic heterocycles. The number of thioether (sulfide) groups is 1. The van der Waals surface area contributed by atoms with Crippen molar-refractivity contribution >= 4 is 23.7 Å². The maximum absolute atomic E-state index is 11.4. The number of benzene rings is 2. The third-order valence-corrected chi connectivity index (χ3v) is 7.00. The van der Waals surface area contributed by atoms with Crippen LogP contribution in [0.25, 0.3) is 0 Å². The summed E-state index contributed by atoms with van der Waals surface area (Å²) in [7, 11) is 0. The molecule has 36 heavy (non-hydrogen) atoms. The predicted molar refractivity (Wildman–Crippen MR) is 147 cm³/mol. The van der Waals surface area contributed by atoms with Crippen LogP contribution in [-0.4, -0.2) is 52.2 Å². The van der Waals surface area contributed by atoms with Gasteiger partial charge in [-0.3, -0.25) is 4.79 Å². The lowest BCUT2D eigenvalue weighted by atomic mass is 9.96. The zero-order valence-electron chi connectivity index (χ0n) is 21.1. The minimum absolute atomic E-state index is 0.0695. The van der Waals surface area contributed by atoms with Gasteiger partial charge in [-0.2, -0.15) is 0 Å². The van der Waals surface area contributed by atoms with Gasteiger partial charge < -0.3 is 26.8 Å². The maximum Gasteiger partial charge on any atom is 0.334 e. The smallest absolute Gasteiger partial charge is 0.334 e. The summed E-state index contributed by atoms with van der Waals surface area (Å²) in [6.07, 6.45) is 7.23. The van der Waals surface area contributed by atoms with E-state index < -0.39 is 23.3 Å². The normalized spacial score (nSPS) is 12.3. The molecular weight excluding hydrogens is 476 g/mol. The Kier molecular flexibility index (Phi) is 17.4. The van der Waals surface area contributed by atoms with Crippen molar-refractivity contribution in [2.75, 3.05) is 18.8 Å². The van der Waals surface area contributed by atoms with E-state index in [1.165, 1.54) is 43.0 Å². The molecule has 0 spiro atoms. The number of aliphatic carboxylic acids is 2. The molecule has 7 nitrogen and oxygen atoms in total. The Balaban J connectivity index is 0.00000150. The molecule has 2 atom stereocenters. The van der Waals surface area contributed by atoms with Crippen molar-refractivity contribution in [2.24, 2.45) is 11.5 Å². The molecule has 0 aliphatic heterocycles. The van der Waals surface area contributed by atoms with Gasteiger partial charge in [0, 0.05) is 18.8 Å². The number of carbonyl (C=O) groups is 2. The van der Waals surface area contributed by atoms with Gasteiger partial charge in [-0.05, 0) is 42.4 Å². The third kappa shape index (κ3) is 13.6. The van der Waals surface area contributed by atoms with Gasteiger partial charge in [0.1, 0.15) is 0 Å². The molecule has 7 N–H and O–H groups in total. The van der Waals surface area contributed by atoms with Crippen LogP contribution in [0.5, 0.6) is 0 Å². The summed E-state index contributed by atoms with van der Waals surface area (Å²) in [5.74, 6) is -1.97. The van der Waals surface area contributed by atoms with Crippen LogP contribution in [0.1, 0.15) is 66.9 Å². The summed E-state index contributed by atoms with van der Waals surface area (Å²) >= 11 is 1.19. The second kappa shape index (κ2) is 19.8. The molecule has 0 saturated heterocycles. The van der Waals surface area contributed by atoms with E-state index in [2.05, 4.69) is 24.3 Å². The zero-order chi connectivity index (χ0) is 26.6. The zero-order valence-corrected chi connectivity index (χ0v) is 21.9. The molecule has 200 valence electrons. The van der Waals surface area contributed by atoms with Crippen molar-refractivity contribution in [1.29, 1.82) is 0 Å². The highest BCUT2D eigenvalue weighted by atomic mass is 32.2. The van der Waals surface area contributed by atoms with Crippen LogP contribution in [0.3, 0.4) is 0 Å². The van der Waals surface area contributed by atoms with Crippen molar-refractivity contribution in [2.45, 2.75) is 69.1 Å². The summed E-state index contributed by atoms with van der Waals surface area (Å²) in [5.41, 5.74) is 13.0. The Hall–Kier alpha value is -2.39. The van der Waals surface area contributed by atoms with Gasteiger partial charge in [0.15, 0.2) is 6.10 Å². The first-order valence-electron chi connectivity index (χ1n) is 12.7. The predicted octanol–water partition coefficient (Wildman–Crippen LogP) is 4.41. The topological polar surface area (TPSA) is 147 Å². The molecule has 2 aromatic carbocycles. The molecule has 0 aliphatic carbocycles. The number of hydrogen-bond acceptors (Lipinski definition) is 6. The molecule has 0 aliphatic rings. The van der Waals surface area contributed by atoms with Gasteiger partial charge in [-0.25, -0.2) is 4.79 Å². The average Bonchev–Trinajstić information content (AvgIpc) is 2.88. The fourth-order valence-electron chi connectivity index (χ4n) is 3.79. The summed E-state index contributed by atoms with van der Waals surface area (Å²) < 4.78 is 0. The van der Waals surface area contributed by atoms with E-state index in [-0.39, 0.29) is 12.2 Å². The number of rotatable bonds is 17. The van der Waals surface area contributed by atoms with E-state index >= 15 is 0 Å². The molecule has 0 amide bonds. The van der Waals surface area contributed by atoms with E-state index in [0.29, 0.717) is 13.1 Å². The Morgan fingerprint density at radius 1 is 0.778 bits per heavy atom. The first-order valence-corrected chi connectivity index (χ1v) is 13.7. The Bertz CT molecular complexity index is 864. The average molecular weight is 519 g/mol. The van der Waals surface area contributed by atoms with E-state index in [0.717, 1.165) is 36.8 Å². The molecule has 8 heteroatoms.